The van der Waals surface area contributed by atoms with Crippen molar-refractivity contribution in [1.82, 2.24) is 10.3 Å². The van der Waals surface area contributed by atoms with Crippen LogP contribution in [0.2, 0.25) is 0 Å². The molecule has 4 aromatic rings. The molecule has 0 aliphatic carbocycles. The molecule has 0 bridgehead atoms. The summed E-state index contributed by atoms with van der Waals surface area (Å²) < 4.78 is 37.2. The number of carbonyl (C=O) groups is 1. The molecular formula is C28H29N3O5S2. The van der Waals surface area contributed by atoms with E-state index in [-0.39, 0.29) is 21.3 Å². The van der Waals surface area contributed by atoms with Gasteiger partial charge in [0.25, 0.3) is 5.91 Å². The van der Waals surface area contributed by atoms with Crippen LogP contribution in [0.15, 0.2) is 70.4 Å². The lowest BCUT2D eigenvalue weighted by atomic mass is 9.93. The molecule has 8 nitrogen and oxygen atoms in total. The minimum absolute atomic E-state index is 0.0336. The monoisotopic (exact) mass is 551 g/mol. The topological polar surface area (TPSA) is 122 Å². The lowest BCUT2D eigenvalue weighted by Gasteiger charge is -2.32. The summed E-state index contributed by atoms with van der Waals surface area (Å²) in [5, 5.41) is 3.64. The molecule has 0 atom stereocenters. The van der Waals surface area contributed by atoms with Crippen LogP contribution in [0.25, 0.3) is 21.8 Å². The number of pyridine rings is 1. The number of fused-ring (bicyclic) bond motifs is 2. The van der Waals surface area contributed by atoms with E-state index in [2.05, 4.69) is 15.2 Å². The van der Waals surface area contributed by atoms with Crippen LogP contribution >= 0.6 is 0 Å². The molecule has 5 rings (SSSR count). The summed E-state index contributed by atoms with van der Waals surface area (Å²) in [6.45, 7) is 5.10. The molecule has 38 heavy (non-hydrogen) atoms. The average molecular weight is 552 g/mol. The summed E-state index contributed by atoms with van der Waals surface area (Å²) in [5.41, 5.74) is 1.63. The smallest absolute Gasteiger partial charge is 0.253 e. The van der Waals surface area contributed by atoms with Gasteiger partial charge in [0.2, 0.25) is 0 Å². The van der Waals surface area contributed by atoms with E-state index in [1.165, 1.54) is 12.1 Å². The van der Waals surface area contributed by atoms with Crippen molar-refractivity contribution >= 4 is 54.4 Å². The Bertz CT molecular complexity index is 1720. The molecule has 2 heterocycles. The molecule has 1 saturated heterocycles. The van der Waals surface area contributed by atoms with Crippen LogP contribution < -0.4 is 15.6 Å². The number of hydrogen-bond acceptors (Lipinski definition) is 6. The molecule has 198 valence electrons. The second-order valence-corrected chi connectivity index (χ2v) is 13.8. The van der Waals surface area contributed by atoms with Crippen LogP contribution in [0.1, 0.15) is 29.8 Å². The van der Waals surface area contributed by atoms with Gasteiger partial charge in [0, 0.05) is 28.2 Å². The Balaban J connectivity index is 1.53. The molecule has 0 unspecified atom stereocenters. The zero-order valence-electron chi connectivity index (χ0n) is 21.4. The number of nitrogens with zero attached hydrogens (tertiary/aromatic N) is 1. The van der Waals surface area contributed by atoms with Gasteiger partial charge in [-0.05, 0) is 55.8 Å². The summed E-state index contributed by atoms with van der Waals surface area (Å²) in [6.07, 6.45) is 1.03. The number of sulfone groups is 1. The highest BCUT2D eigenvalue weighted by atomic mass is 32.2. The molecule has 1 amide bonds. The Morgan fingerprint density at radius 2 is 1.71 bits per heavy atom. The number of anilines is 1. The molecule has 0 spiro atoms. The zero-order valence-corrected chi connectivity index (χ0v) is 23.0. The number of aromatic nitrogens is 1. The molecule has 0 radical (unpaired) electrons. The van der Waals surface area contributed by atoms with E-state index in [9.17, 15) is 22.6 Å². The van der Waals surface area contributed by atoms with Crippen molar-refractivity contribution in [2.45, 2.75) is 24.3 Å². The number of carbonyl (C=O) groups excluding carboxylic acids is 1. The average Bonchev–Trinajstić information content (AvgIpc) is 2.88. The van der Waals surface area contributed by atoms with E-state index in [1.54, 1.807) is 24.3 Å². The third-order valence-corrected chi connectivity index (χ3v) is 9.40. The Morgan fingerprint density at radius 3 is 2.42 bits per heavy atom. The quantitative estimate of drug-likeness (QED) is 0.290. The second-order valence-electron chi connectivity index (χ2n) is 10.1. The molecule has 1 aromatic heterocycles. The van der Waals surface area contributed by atoms with E-state index in [0.717, 1.165) is 17.5 Å². The van der Waals surface area contributed by atoms with Crippen molar-refractivity contribution in [3.8, 4) is 0 Å². The Hall–Kier alpha value is -3.34. The van der Waals surface area contributed by atoms with Crippen LogP contribution in [0.5, 0.6) is 0 Å². The number of rotatable bonds is 5. The van der Waals surface area contributed by atoms with Crippen molar-refractivity contribution < 1.29 is 17.8 Å². The SMILES string of the molecule is CC(C)(NC(=O)c1cc2[nH]c3ccccc3c(=O)c2cc1S(C)(=O)=O)c1cccc(N2CC[S+]([O-])CC2)c1. The van der Waals surface area contributed by atoms with Crippen molar-refractivity contribution in [3.05, 3.63) is 82.0 Å². The fraction of sp³-hybridized carbons (Fsp3) is 0.286. The van der Waals surface area contributed by atoms with Gasteiger partial charge in [0.15, 0.2) is 15.3 Å². The molecule has 3 aromatic carbocycles. The van der Waals surface area contributed by atoms with Gasteiger partial charge >= 0.3 is 0 Å². The lowest BCUT2D eigenvalue weighted by Crippen LogP contribution is -2.42. The highest BCUT2D eigenvalue weighted by Gasteiger charge is 2.29. The van der Waals surface area contributed by atoms with Crippen molar-refractivity contribution in [2.75, 3.05) is 35.8 Å². The van der Waals surface area contributed by atoms with E-state index in [1.807, 2.05) is 38.1 Å². The molecular weight excluding hydrogens is 522 g/mol. The number of hydrogen-bond donors (Lipinski definition) is 2. The lowest BCUT2D eigenvalue weighted by molar-refractivity contribution is 0.0908. The van der Waals surface area contributed by atoms with Gasteiger partial charge in [-0.25, -0.2) is 8.42 Å². The molecule has 1 fully saturated rings. The predicted octanol–water partition coefficient (Wildman–Crippen LogP) is 3.32. The van der Waals surface area contributed by atoms with Crippen LogP contribution in [0.3, 0.4) is 0 Å². The van der Waals surface area contributed by atoms with Gasteiger partial charge in [-0.2, -0.15) is 0 Å². The standard InChI is InChI=1S/C28H29N3O5S2/c1-28(2,18-7-6-8-19(15-18)31-11-13-37(34)14-12-31)30-27(33)22-16-24-21(17-25(22)38(3,35)36)26(32)20-9-4-5-10-23(20)29-24/h4-10,15-17H,11-14H2,1-3H3,(H,29,32)(H,30,33). The Kier molecular flexibility index (Phi) is 6.75. The summed E-state index contributed by atoms with van der Waals surface area (Å²) >= 11 is -0.786. The first kappa shape index (κ1) is 26.3. The summed E-state index contributed by atoms with van der Waals surface area (Å²) in [4.78, 5) is 31.8. The summed E-state index contributed by atoms with van der Waals surface area (Å²) in [6, 6.07) is 17.5. The largest absolute Gasteiger partial charge is 0.616 e. The predicted molar refractivity (Wildman–Crippen MR) is 152 cm³/mol. The Labute approximate surface area is 224 Å². The Morgan fingerprint density at radius 1 is 1.00 bits per heavy atom. The summed E-state index contributed by atoms with van der Waals surface area (Å²) in [7, 11) is -3.83. The maximum atomic E-state index is 13.6. The molecule has 1 aliphatic heterocycles. The van der Waals surface area contributed by atoms with Gasteiger partial charge in [-0.1, -0.05) is 35.4 Å². The zero-order chi connectivity index (χ0) is 27.2. The van der Waals surface area contributed by atoms with Crippen LogP contribution in [0, 0.1) is 0 Å². The maximum Gasteiger partial charge on any atom is 0.253 e. The third-order valence-electron chi connectivity index (χ3n) is 6.99. The highest BCUT2D eigenvalue weighted by Crippen LogP contribution is 2.28. The van der Waals surface area contributed by atoms with E-state index in [0.29, 0.717) is 41.0 Å². The minimum atomic E-state index is -3.83. The van der Waals surface area contributed by atoms with Crippen LogP contribution in [-0.2, 0) is 26.6 Å². The molecule has 0 saturated carbocycles. The normalized spacial score (nSPS) is 15.2. The number of nitrogens with one attached hydrogen (secondary N) is 2. The minimum Gasteiger partial charge on any atom is -0.616 e. The van der Waals surface area contributed by atoms with E-state index < -0.39 is 32.5 Å². The van der Waals surface area contributed by atoms with E-state index in [4.69, 9.17) is 0 Å². The van der Waals surface area contributed by atoms with Crippen molar-refractivity contribution in [1.29, 1.82) is 0 Å². The first-order valence-electron chi connectivity index (χ1n) is 12.3. The number of benzene rings is 3. The van der Waals surface area contributed by atoms with Gasteiger partial charge in [0.05, 0.1) is 34.6 Å². The van der Waals surface area contributed by atoms with Crippen molar-refractivity contribution in [3.63, 3.8) is 0 Å². The first-order chi connectivity index (χ1) is 17.9. The van der Waals surface area contributed by atoms with Gasteiger partial charge in [0.1, 0.15) is 11.5 Å². The van der Waals surface area contributed by atoms with E-state index >= 15 is 0 Å². The van der Waals surface area contributed by atoms with Gasteiger partial charge < -0.3 is 19.8 Å². The van der Waals surface area contributed by atoms with Crippen LogP contribution in [0.4, 0.5) is 5.69 Å². The number of H-pyrrole nitrogens is 1. The number of amides is 1. The molecule has 10 heteroatoms. The fourth-order valence-electron chi connectivity index (χ4n) is 4.85. The maximum absolute atomic E-state index is 13.6. The number of aromatic amines is 1. The fourth-order valence-corrected chi connectivity index (χ4v) is 6.78. The van der Waals surface area contributed by atoms with Gasteiger partial charge in [-0.3, -0.25) is 9.59 Å². The molecule has 1 aliphatic rings. The van der Waals surface area contributed by atoms with Crippen LogP contribution in [-0.4, -0.2) is 54.7 Å². The number of para-hydroxylation sites is 1. The molecule has 2 N–H and O–H groups in total. The summed E-state index contributed by atoms with van der Waals surface area (Å²) in [5.74, 6) is 0.681. The van der Waals surface area contributed by atoms with Crippen molar-refractivity contribution in [2.24, 2.45) is 0 Å². The highest BCUT2D eigenvalue weighted by molar-refractivity contribution is 7.91. The third kappa shape index (κ3) is 5.03. The second kappa shape index (κ2) is 9.76. The van der Waals surface area contributed by atoms with Gasteiger partial charge in [-0.15, -0.1) is 0 Å². The first-order valence-corrected chi connectivity index (χ1v) is 15.6.